The third-order valence-electron chi connectivity index (χ3n) is 4.27. The van der Waals surface area contributed by atoms with Gasteiger partial charge in [-0.15, -0.1) is 0 Å². The summed E-state index contributed by atoms with van der Waals surface area (Å²) in [5.74, 6) is 1.37. The van der Waals surface area contributed by atoms with E-state index < -0.39 is 0 Å². The monoisotopic (exact) mass is 270 g/mol. The van der Waals surface area contributed by atoms with Gasteiger partial charge in [-0.05, 0) is 37.9 Å². The quantitative estimate of drug-likeness (QED) is 0.868. The van der Waals surface area contributed by atoms with E-state index >= 15 is 0 Å². The fourth-order valence-electron chi connectivity index (χ4n) is 3.11. The van der Waals surface area contributed by atoms with E-state index in [0.717, 1.165) is 23.1 Å². The molecule has 0 spiro atoms. The normalized spacial score (nSPS) is 23.4. The van der Waals surface area contributed by atoms with E-state index in [1.165, 1.54) is 25.7 Å². The lowest BCUT2D eigenvalue weighted by molar-refractivity contribution is 0.131. The number of pyridine rings is 1. The van der Waals surface area contributed by atoms with E-state index in [9.17, 15) is 0 Å². The first-order valence-electron chi connectivity index (χ1n) is 7.59. The second kappa shape index (κ2) is 6.23. The van der Waals surface area contributed by atoms with E-state index in [0.29, 0.717) is 12.5 Å². The molecule has 0 bridgehead atoms. The molecule has 3 rings (SSSR count). The van der Waals surface area contributed by atoms with Crippen LogP contribution in [0.5, 0.6) is 5.75 Å². The summed E-state index contributed by atoms with van der Waals surface area (Å²) in [6, 6.07) is 10.2. The number of nitrogens with zero attached hydrogens (tertiary/aromatic N) is 1. The lowest BCUT2D eigenvalue weighted by Crippen LogP contribution is -2.31. The van der Waals surface area contributed by atoms with Gasteiger partial charge in [0.25, 0.3) is 0 Å². The van der Waals surface area contributed by atoms with Gasteiger partial charge in [-0.3, -0.25) is 4.98 Å². The fraction of sp³-hybridized carbons (Fsp3) is 0.471. The first kappa shape index (κ1) is 13.4. The summed E-state index contributed by atoms with van der Waals surface area (Å²) in [5.41, 5.74) is 6.89. The third-order valence-corrected chi connectivity index (χ3v) is 4.27. The van der Waals surface area contributed by atoms with Gasteiger partial charge in [0.15, 0.2) is 0 Å². The molecule has 1 saturated carbocycles. The zero-order valence-electron chi connectivity index (χ0n) is 11.8. The molecule has 1 aromatic carbocycles. The molecule has 1 heterocycles. The van der Waals surface area contributed by atoms with Gasteiger partial charge in [-0.25, -0.2) is 0 Å². The molecule has 3 heteroatoms. The van der Waals surface area contributed by atoms with Crippen LogP contribution in [0.3, 0.4) is 0 Å². The SMILES string of the molecule is NCC1CCCCCC1Oc1cccc2cccnc12. The molecular formula is C17H22N2O. The van der Waals surface area contributed by atoms with Crippen LogP contribution in [-0.4, -0.2) is 17.6 Å². The van der Waals surface area contributed by atoms with Crippen molar-refractivity contribution in [2.24, 2.45) is 11.7 Å². The summed E-state index contributed by atoms with van der Waals surface area (Å²) < 4.78 is 6.31. The third kappa shape index (κ3) is 2.78. The number of para-hydroxylation sites is 1. The number of ether oxygens (including phenoxy) is 1. The van der Waals surface area contributed by atoms with Crippen molar-refractivity contribution >= 4 is 10.9 Å². The largest absolute Gasteiger partial charge is 0.488 e. The lowest BCUT2D eigenvalue weighted by atomic mass is 9.97. The van der Waals surface area contributed by atoms with Gasteiger partial charge in [-0.1, -0.05) is 31.0 Å². The molecule has 2 unspecified atom stereocenters. The summed E-state index contributed by atoms with van der Waals surface area (Å²) >= 11 is 0. The lowest BCUT2D eigenvalue weighted by Gasteiger charge is -2.25. The van der Waals surface area contributed by atoms with Crippen LogP contribution in [0.15, 0.2) is 36.5 Å². The Morgan fingerprint density at radius 3 is 2.85 bits per heavy atom. The van der Waals surface area contributed by atoms with Crippen molar-refractivity contribution in [1.82, 2.24) is 4.98 Å². The van der Waals surface area contributed by atoms with Crippen molar-refractivity contribution in [3.05, 3.63) is 36.5 Å². The van der Waals surface area contributed by atoms with Crippen molar-refractivity contribution in [2.45, 2.75) is 38.2 Å². The number of rotatable bonds is 3. The predicted octanol–water partition coefficient (Wildman–Crippen LogP) is 3.52. The molecule has 3 nitrogen and oxygen atoms in total. The van der Waals surface area contributed by atoms with Gasteiger partial charge in [0.1, 0.15) is 17.4 Å². The first-order chi connectivity index (χ1) is 9.88. The Hall–Kier alpha value is -1.61. The molecule has 1 aliphatic carbocycles. The Labute approximate surface area is 120 Å². The molecule has 1 fully saturated rings. The Kier molecular flexibility index (Phi) is 4.16. The van der Waals surface area contributed by atoms with Crippen LogP contribution in [0.2, 0.25) is 0 Å². The Morgan fingerprint density at radius 2 is 1.95 bits per heavy atom. The van der Waals surface area contributed by atoms with Gasteiger partial charge >= 0.3 is 0 Å². The van der Waals surface area contributed by atoms with Crippen LogP contribution >= 0.6 is 0 Å². The maximum absolute atomic E-state index is 6.31. The smallest absolute Gasteiger partial charge is 0.145 e. The molecule has 2 N–H and O–H groups in total. The first-order valence-corrected chi connectivity index (χ1v) is 7.59. The van der Waals surface area contributed by atoms with Gasteiger partial charge in [0.05, 0.1) is 0 Å². The van der Waals surface area contributed by atoms with Gasteiger partial charge < -0.3 is 10.5 Å². The summed E-state index contributed by atoms with van der Waals surface area (Å²) in [7, 11) is 0. The number of benzene rings is 1. The molecule has 0 radical (unpaired) electrons. The van der Waals surface area contributed by atoms with Crippen molar-refractivity contribution in [2.75, 3.05) is 6.54 Å². The molecule has 106 valence electrons. The minimum atomic E-state index is 0.232. The van der Waals surface area contributed by atoms with Crippen molar-refractivity contribution in [3.63, 3.8) is 0 Å². The van der Waals surface area contributed by atoms with Crippen LogP contribution in [0, 0.1) is 5.92 Å². The number of nitrogens with two attached hydrogens (primary N) is 1. The molecule has 0 saturated heterocycles. The Morgan fingerprint density at radius 1 is 1.10 bits per heavy atom. The second-order valence-electron chi connectivity index (χ2n) is 5.62. The number of aromatic nitrogens is 1. The Bertz CT molecular complexity index is 564. The number of hydrogen-bond donors (Lipinski definition) is 1. The minimum absolute atomic E-state index is 0.232. The van der Waals surface area contributed by atoms with Crippen molar-refractivity contribution < 1.29 is 4.74 Å². The van der Waals surface area contributed by atoms with Gasteiger partial charge in [0, 0.05) is 17.5 Å². The van der Waals surface area contributed by atoms with E-state index in [1.807, 2.05) is 24.4 Å². The number of hydrogen-bond acceptors (Lipinski definition) is 3. The van der Waals surface area contributed by atoms with E-state index in [4.69, 9.17) is 10.5 Å². The average molecular weight is 270 g/mol. The highest BCUT2D eigenvalue weighted by atomic mass is 16.5. The van der Waals surface area contributed by atoms with Crippen LogP contribution in [0.1, 0.15) is 32.1 Å². The Balaban J connectivity index is 1.87. The zero-order valence-corrected chi connectivity index (χ0v) is 11.8. The van der Waals surface area contributed by atoms with Gasteiger partial charge in [0.2, 0.25) is 0 Å². The summed E-state index contributed by atoms with van der Waals surface area (Å²) in [6.07, 6.45) is 8.14. The van der Waals surface area contributed by atoms with Crippen LogP contribution in [0.25, 0.3) is 10.9 Å². The molecular weight excluding hydrogens is 248 g/mol. The van der Waals surface area contributed by atoms with Crippen LogP contribution < -0.4 is 10.5 Å². The van der Waals surface area contributed by atoms with Gasteiger partial charge in [-0.2, -0.15) is 0 Å². The highest BCUT2D eigenvalue weighted by Gasteiger charge is 2.24. The minimum Gasteiger partial charge on any atom is -0.488 e. The molecule has 20 heavy (non-hydrogen) atoms. The van der Waals surface area contributed by atoms with Crippen molar-refractivity contribution in [1.29, 1.82) is 0 Å². The van der Waals surface area contributed by atoms with Crippen LogP contribution in [0.4, 0.5) is 0 Å². The summed E-state index contributed by atoms with van der Waals surface area (Å²) in [6.45, 7) is 0.711. The summed E-state index contributed by atoms with van der Waals surface area (Å²) in [4.78, 5) is 4.46. The summed E-state index contributed by atoms with van der Waals surface area (Å²) in [5, 5.41) is 1.13. The molecule has 2 aromatic rings. The predicted molar refractivity (Wildman–Crippen MR) is 81.8 cm³/mol. The highest BCUT2D eigenvalue weighted by molar-refractivity contribution is 5.84. The van der Waals surface area contributed by atoms with Crippen molar-refractivity contribution in [3.8, 4) is 5.75 Å². The molecule has 1 aliphatic rings. The molecule has 0 amide bonds. The maximum atomic E-state index is 6.31. The second-order valence-corrected chi connectivity index (χ2v) is 5.62. The highest BCUT2D eigenvalue weighted by Crippen LogP contribution is 2.30. The zero-order chi connectivity index (χ0) is 13.8. The van der Waals surface area contributed by atoms with E-state index in [2.05, 4.69) is 17.1 Å². The topological polar surface area (TPSA) is 48.1 Å². The van der Waals surface area contributed by atoms with E-state index in [1.54, 1.807) is 0 Å². The standard InChI is InChI=1S/C17H22N2O/c18-12-14-6-2-1-3-9-15(14)20-16-10-4-7-13-8-5-11-19-17(13)16/h4-5,7-8,10-11,14-15H,1-3,6,9,12,18H2. The van der Waals surface area contributed by atoms with E-state index in [-0.39, 0.29) is 6.10 Å². The molecule has 0 aliphatic heterocycles. The maximum Gasteiger partial charge on any atom is 0.145 e. The number of fused-ring (bicyclic) bond motifs is 1. The molecule has 2 atom stereocenters. The fourth-order valence-corrected chi connectivity index (χ4v) is 3.11. The van der Waals surface area contributed by atoms with Crippen LogP contribution in [-0.2, 0) is 0 Å². The average Bonchev–Trinajstić information content (AvgIpc) is 2.72. The molecule has 1 aromatic heterocycles.